The number of hydrogen-bond donors (Lipinski definition) is 1. The number of aromatic nitrogens is 2. The van der Waals surface area contributed by atoms with E-state index < -0.39 is 0 Å². The van der Waals surface area contributed by atoms with Gasteiger partial charge in [0.2, 0.25) is 0 Å². The van der Waals surface area contributed by atoms with E-state index >= 15 is 0 Å². The molecular formula is C12H14FN3O. The van der Waals surface area contributed by atoms with Crippen molar-refractivity contribution in [2.24, 2.45) is 7.05 Å². The van der Waals surface area contributed by atoms with Crippen LogP contribution in [0.15, 0.2) is 30.6 Å². The normalized spacial score (nSPS) is 12.4. The molecule has 0 radical (unpaired) electrons. The highest BCUT2D eigenvalue weighted by Gasteiger charge is 2.13. The summed E-state index contributed by atoms with van der Waals surface area (Å²) in [6.07, 6.45) is 3.22. The first-order valence-corrected chi connectivity index (χ1v) is 5.27. The predicted octanol–water partition coefficient (Wildman–Crippen LogP) is 2.28. The van der Waals surface area contributed by atoms with Crippen molar-refractivity contribution in [1.82, 2.24) is 9.55 Å². The van der Waals surface area contributed by atoms with Gasteiger partial charge in [0.05, 0.1) is 5.69 Å². The molecule has 17 heavy (non-hydrogen) atoms. The molecule has 0 saturated carbocycles. The van der Waals surface area contributed by atoms with Crippen LogP contribution < -0.4 is 10.5 Å². The third kappa shape index (κ3) is 2.38. The van der Waals surface area contributed by atoms with Gasteiger partial charge in [0.1, 0.15) is 17.4 Å². The van der Waals surface area contributed by atoms with Crippen molar-refractivity contribution >= 4 is 5.69 Å². The summed E-state index contributed by atoms with van der Waals surface area (Å²) in [4.78, 5) is 4.17. The molecule has 0 fully saturated rings. The number of nitrogens with zero attached hydrogens (tertiary/aromatic N) is 2. The average Bonchev–Trinajstić information content (AvgIpc) is 2.70. The van der Waals surface area contributed by atoms with Gasteiger partial charge in [0.25, 0.3) is 0 Å². The van der Waals surface area contributed by atoms with Crippen molar-refractivity contribution in [1.29, 1.82) is 0 Å². The highest BCUT2D eigenvalue weighted by molar-refractivity contribution is 5.52. The first-order valence-electron chi connectivity index (χ1n) is 5.27. The van der Waals surface area contributed by atoms with Crippen molar-refractivity contribution in [3.8, 4) is 5.75 Å². The van der Waals surface area contributed by atoms with Gasteiger partial charge >= 0.3 is 0 Å². The lowest BCUT2D eigenvalue weighted by molar-refractivity contribution is 0.213. The Morgan fingerprint density at radius 3 is 2.88 bits per heavy atom. The second kappa shape index (κ2) is 4.45. The summed E-state index contributed by atoms with van der Waals surface area (Å²) < 4.78 is 20.5. The van der Waals surface area contributed by atoms with Gasteiger partial charge in [0.15, 0.2) is 6.10 Å². The topological polar surface area (TPSA) is 53.1 Å². The van der Waals surface area contributed by atoms with Crippen LogP contribution in [0.1, 0.15) is 18.9 Å². The second-order valence-corrected chi connectivity index (χ2v) is 3.84. The number of imidazole rings is 1. The molecular weight excluding hydrogens is 221 g/mol. The van der Waals surface area contributed by atoms with Crippen LogP contribution in [0.4, 0.5) is 10.1 Å². The molecule has 1 heterocycles. The second-order valence-electron chi connectivity index (χ2n) is 3.84. The molecule has 1 aromatic heterocycles. The van der Waals surface area contributed by atoms with E-state index in [-0.39, 0.29) is 11.9 Å². The first kappa shape index (κ1) is 11.4. The van der Waals surface area contributed by atoms with E-state index in [0.29, 0.717) is 11.4 Å². The zero-order chi connectivity index (χ0) is 12.4. The fraction of sp³-hybridized carbons (Fsp3) is 0.250. The van der Waals surface area contributed by atoms with Gasteiger partial charge < -0.3 is 15.0 Å². The monoisotopic (exact) mass is 235 g/mol. The summed E-state index contributed by atoms with van der Waals surface area (Å²) in [5.41, 5.74) is 6.12. The molecule has 0 amide bonds. The summed E-state index contributed by atoms with van der Waals surface area (Å²) in [5, 5.41) is 0. The maximum absolute atomic E-state index is 13.1. The van der Waals surface area contributed by atoms with Gasteiger partial charge in [0, 0.05) is 25.5 Å². The molecule has 2 N–H and O–H groups in total. The number of aryl methyl sites for hydroxylation is 1. The van der Waals surface area contributed by atoms with Crippen molar-refractivity contribution in [3.63, 3.8) is 0 Å². The van der Waals surface area contributed by atoms with Gasteiger partial charge in [-0.3, -0.25) is 0 Å². The Balaban J connectivity index is 2.21. The van der Waals surface area contributed by atoms with Gasteiger partial charge in [-0.15, -0.1) is 0 Å². The van der Waals surface area contributed by atoms with Gasteiger partial charge in [-0.2, -0.15) is 0 Å². The van der Waals surface area contributed by atoms with E-state index in [1.54, 1.807) is 6.20 Å². The van der Waals surface area contributed by atoms with E-state index in [2.05, 4.69) is 4.98 Å². The standard InChI is InChI=1S/C12H14FN3O/c1-8(12-15-5-6-16(12)2)17-11-7-9(13)3-4-10(11)14/h3-8H,14H2,1-2H3. The molecule has 0 aliphatic carbocycles. The quantitative estimate of drug-likeness (QED) is 0.830. The Hall–Kier alpha value is -2.04. The maximum atomic E-state index is 13.1. The van der Waals surface area contributed by atoms with Crippen LogP contribution in [0.25, 0.3) is 0 Å². The first-order chi connectivity index (χ1) is 8.08. The van der Waals surface area contributed by atoms with Crippen LogP contribution in [-0.2, 0) is 7.05 Å². The molecule has 0 spiro atoms. The minimum Gasteiger partial charge on any atom is -0.481 e. The fourth-order valence-electron chi connectivity index (χ4n) is 1.62. The highest BCUT2D eigenvalue weighted by Crippen LogP contribution is 2.27. The van der Waals surface area contributed by atoms with E-state index in [1.807, 2.05) is 24.7 Å². The SMILES string of the molecule is CC(Oc1cc(F)ccc1N)c1nccn1C. The number of anilines is 1. The zero-order valence-corrected chi connectivity index (χ0v) is 9.72. The Morgan fingerprint density at radius 1 is 1.47 bits per heavy atom. The third-order valence-electron chi connectivity index (χ3n) is 2.50. The van der Waals surface area contributed by atoms with E-state index in [9.17, 15) is 4.39 Å². The summed E-state index contributed by atoms with van der Waals surface area (Å²) in [5.74, 6) is 0.718. The molecule has 5 heteroatoms. The van der Waals surface area contributed by atoms with Crippen LogP contribution in [0.3, 0.4) is 0 Å². The fourth-order valence-corrected chi connectivity index (χ4v) is 1.62. The Labute approximate surface area is 98.8 Å². The van der Waals surface area contributed by atoms with Crippen molar-refractivity contribution in [2.45, 2.75) is 13.0 Å². The van der Waals surface area contributed by atoms with Crippen molar-refractivity contribution in [3.05, 3.63) is 42.2 Å². The summed E-state index contributed by atoms with van der Waals surface area (Å²) in [7, 11) is 1.87. The molecule has 1 atom stereocenters. The lowest BCUT2D eigenvalue weighted by Crippen LogP contribution is -2.10. The minimum absolute atomic E-state index is 0.293. The zero-order valence-electron chi connectivity index (χ0n) is 9.72. The van der Waals surface area contributed by atoms with E-state index in [4.69, 9.17) is 10.5 Å². The number of ether oxygens (including phenoxy) is 1. The smallest absolute Gasteiger partial charge is 0.153 e. The number of hydrogen-bond acceptors (Lipinski definition) is 3. The van der Waals surface area contributed by atoms with Crippen LogP contribution in [0, 0.1) is 5.82 Å². The van der Waals surface area contributed by atoms with Crippen LogP contribution in [0.2, 0.25) is 0 Å². The largest absolute Gasteiger partial charge is 0.481 e. The van der Waals surface area contributed by atoms with Crippen LogP contribution >= 0.6 is 0 Å². The van der Waals surface area contributed by atoms with Gasteiger partial charge in [-0.1, -0.05) is 0 Å². The van der Waals surface area contributed by atoms with Gasteiger partial charge in [-0.25, -0.2) is 9.37 Å². The molecule has 4 nitrogen and oxygen atoms in total. The van der Waals surface area contributed by atoms with Crippen LogP contribution in [0.5, 0.6) is 5.75 Å². The molecule has 0 aliphatic heterocycles. The number of benzene rings is 1. The van der Waals surface area contributed by atoms with Crippen molar-refractivity contribution in [2.75, 3.05) is 5.73 Å². The lowest BCUT2D eigenvalue weighted by atomic mass is 10.3. The minimum atomic E-state index is -0.374. The number of rotatable bonds is 3. The predicted molar refractivity (Wildman–Crippen MR) is 63.1 cm³/mol. The number of nitrogen functional groups attached to an aromatic ring is 1. The summed E-state index contributed by atoms with van der Waals surface area (Å²) in [6.45, 7) is 1.84. The van der Waals surface area contributed by atoms with E-state index in [1.165, 1.54) is 18.2 Å². The summed E-state index contributed by atoms with van der Waals surface area (Å²) in [6, 6.07) is 4.05. The highest BCUT2D eigenvalue weighted by atomic mass is 19.1. The third-order valence-corrected chi connectivity index (χ3v) is 2.50. The van der Waals surface area contributed by atoms with Crippen molar-refractivity contribution < 1.29 is 9.13 Å². The molecule has 2 rings (SSSR count). The molecule has 90 valence electrons. The van der Waals surface area contributed by atoms with Gasteiger partial charge in [-0.05, 0) is 19.1 Å². The molecule has 0 saturated heterocycles. The van der Waals surface area contributed by atoms with E-state index in [0.717, 1.165) is 5.82 Å². The number of nitrogens with two attached hydrogens (primary N) is 1. The maximum Gasteiger partial charge on any atom is 0.153 e. The molecule has 1 aromatic carbocycles. The van der Waals surface area contributed by atoms with Crippen LogP contribution in [-0.4, -0.2) is 9.55 Å². The summed E-state index contributed by atoms with van der Waals surface area (Å²) >= 11 is 0. The Kier molecular flexibility index (Phi) is 2.99. The Bertz CT molecular complexity index is 524. The molecule has 2 aromatic rings. The number of halogens is 1. The molecule has 0 bridgehead atoms. The Morgan fingerprint density at radius 2 is 2.24 bits per heavy atom. The lowest BCUT2D eigenvalue weighted by Gasteiger charge is -2.15. The molecule has 1 unspecified atom stereocenters. The molecule has 0 aliphatic rings. The average molecular weight is 235 g/mol.